The van der Waals surface area contributed by atoms with Gasteiger partial charge in [-0.3, -0.25) is 0 Å². The van der Waals surface area contributed by atoms with E-state index in [9.17, 15) is 0 Å². The first-order chi connectivity index (χ1) is 7.63. The van der Waals surface area contributed by atoms with Gasteiger partial charge in [0, 0.05) is 28.8 Å². The predicted octanol–water partition coefficient (Wildman–Crippen LogP) is 3.32. The van der Waals surface area contributed by atoms with E-state index >= 15 is 0 Å². The molecule has 0 amide bonds. The molecule has 0 saturated carbocycles. The molecule has 3 nitrogen and oxygen atoms in total. The Hall–Kier alpha value is -0.170. The Labute approximate surface area is 115 Å². The molecule has 0 fully saturated rings. The largest absolute Gasteiger partial charge is 0.336 e. The number of halogens is 2. The summed E-state index contributed by atoms with van der Waals surface area (Å²) in [7, 11) is 3.95. The lowest BCUT2D eigenvalue weighted by Gasteiger charge is -2.13. The summed E-state index contributed by atoms with van der Waals surface area (Å²) in [6.07, 6.45) is 3.77. The lowest BCUT2D eigenvalue weighted by molar-refractivity contribution is 0.626. The zero-order valence-corrected chi connectivity index (χ0v) is 12.9. The molecular formula is C10H11Br2N3S. The summed E-state index contributed by atoms with van der Waals surface area (Å²) in [5.74, 6) is 1.02. The highest BCUT2D eigenvalue weighted by molar-refractivity contribution is 9.13. The topological polar surface area (TPSA) is 29.9 Å². The monoisotopic (exact) mass is 363 g/mol. The number of nitrogens with one attached hydrogen (secondary N) is 1. The fraction of sp³-hybridized carbons (Fsp3) is 0.300. The van der Waals surface area contributed by atoms with Crippen LogP contribution in [0.4, 0.5) is 0 Å². The average molecular weight is 365 g/mol. The molecule has 0 radical (unpaired) electrons. The molecule has 0 saturated heterocycles. The average Bonchev–Trinajstić information content (AvgIpc) is 2.78. The lowest BCUT2D eigenvalue weighted by Crippen LogP contribution is -2.20. The van der Waals surface area contributed by atoms with Crippen molar-refractivity contribution in [2.45, 2.75) is 6.04 Å². The first-order valence-corrected chi connectivity index (χ1v) is 7.13. The predicted molar refractivity (Wildman–Crippen MR) is 73.8 cm³/mol. The second-order valence-electron chi connectivity index (χ2n) is 3.39. The van der Waals surface area contributed by atoms with E-state index in [-0.39, 0.29) is 6.04 Å². The van der Waals surface area contributed by atoms with Gasteiger partial charge in [0.1, 0.15) is 11.9 Å². The highest BCUT2D eigenvalue weighted by Gasteiger charge is 2.19. The maximum atomic E-state index is 4.38. The maximum absolute atomic E-state index is 4.38. The van der Waals surface area contributed by atoms with Crippen molar-refractivity contribution in [3.05, 3.63) is 37.4 Å². The van der Waals surface area contributed by atoms with Crippen LogP contribution < -0.4 is 5.32 Å². The minimum Gasteiger partial charge on any atom is -0.336 e. The van der Waals surface area contributed by atoms with Gasteiger partial charge in [0.15, 0.2) is 0 Å². The Balaban J connectivity index is 2.40. The van der Waals surface area contributed by atoms with Gasteiger partial charge in [-0.2, -0.15) is 0 Å². The van der Waals surface area contributed by atoms with Crippen molar-refractivity contribution < 1.29 is 0 Å². The summed E-state index contributed by atoms with van der Waals surface area (Å²) in [5.41, 5.74) is 0. The van der Waals surface area contributed by atoms with E-state index in [1.807, 2.05) is 31.1 Å². The van der Waals surface area contributed by atoms with E-state index in [0.717, 1.165) is 14.1 Å². The van der Waals surface area contributed by atoms with Gasteiger partial charge in [0.05, 0.1) is 3.79 Å². The van der Waals surface area contributed by atoms with Gasteiger partial charge in [-0.05, 0) is 45.0 Å². The zero-order valence-electron chi connectivity index (χ0n) is 8.87. The molecule has 0 spiro atoms. The van der Waals surface area contributed by atoms with Crippen molar-refractivity contribution in [2.24, 2.45) is 7.05 Å². The number of aryl methyl sites for hydroxylation is 1. The highest BCUT2D eigenvalue weighted by Crippen LogP contribution is 2.36. The SMILES string of the molecule is CNC(c1cc(Br)c(Br)s1)c1nccn1C. The Bertz CT molecular complexity index is 472. The summed E-state index contributed by atoms with van der Waals surface area (Å²) < 4.78 is 4.22. The third-order valence-electron chi connectivity index (χ3n) is 2.35. The summed E-state index contributed by atoms with van der Waals surface area (Å²) in [4.78, 5) is 5.61. The second kappa shape index (κ2) is 5.00. The van der Waals surface area contributed by atoms with Crippen LogP contribution >= 0.6 is 43.2 Å². The van der Waals surface area contributed by atoms with Gasteiger partial charge >= 0.3 is 0 Å². The first kappa shape index (κ1) is 12.3. The normalized spacial score (nSPS) is 13.0. The Kier molecular flexibility index (Phi) is 3.84. The third kappa shape index (κ3) is 2.25. The van der Waals surface area contributed by atoms with Crippen LogP contribution in [0.2, 0.25) is 0 Å². The van der Waals surface area contributed by atoms with Crippen LogP contribution in [-0.4, -0.2) is 16.6 Å². The minimum atomic E-state index is 0.132. The number of hydrogen-bond acceptors (Lipinski definition) is 3. The van der Waals surface area contributed by atoms with Gasteiger partial charge in [0.2, 0.25) is 0 Å². The van der Waals surface area contributed by atoms with E-state index in [1.54, 1.807) is 11.3 Å². The molecule has 0 bridgehead atoms. The third-order valence-corrected chi connectivity index (χ3v) is 5.68. The number of hydrogen-bond donors (Lipinski definition) is 1. The van der Waals surface area contributed by atoms with Gasteiger partial charge in [0.25, 0.3) is 0 Å². The fourth-order valence-electron chi connectivity index (χ4n) is 1.56. The molecule has 2 heterocycles. The molecule has 0 aliphatic carbocycles. The summed E-state index contributed by atoms with van der Waals surface area (Å²) in [6, 6.07) is 2.25. The van der Waals surface area contributed by atoms with Crippen LogP contribution in [0.15, 0.2) is 26.7 Å². The first-order valence-electron chi connectivity index (χ1n) is 4.72. The van der Waals surface area contributed by atoms with Crippen LogP contribution in [0.1, 0.15) is 16.7 Å². The number of rotatable bonds is 3. The number of imidazole rings is 1. The molecule has 1 unspecified atom stereocenters. The zero-order chi connectivity index (χ0) is 11.7. The standard InChI is InChI=1S/C10H11Br2N3S/c1-13-8(10-14-3-4-15(10)2)7-5-6(11)9(12)16-7/h3-5,8,13H,1-2H3. The Morgan fingerprint density at radius 2 is 2.25 bits per heavy atom. The van der Waals surface area contributed by atoms with Crippen molar-refractivity contribution >= 4 is 43.2 Å². The van der Waals surface area contributed by atoms with E-state index < -0.39 is 0 Å². The van der Waals surface area contributed by atoms with Crippen LogP contribution in [0.5, 0.6) is 0 Å². The molecule has 0 aliphatic heterocycles. The van der Waals surface area contributed by atoms with Crippen LogP contribution in [0.3, 0.4) is 0 Å². The van der Waals surface area contributed by atoms with Crippen LogP contribution in [0.25, 0.3) is 0 Å². The quantitative estimate of drug-likeness (QED) is 0.905. The van der Waals surface area contributed by atoms with Crippen LogP contribution in [-0.2, 0) is 7.05 Å². The molecule has 1 N–H and O–H groups in total. The molecule has 0 aliphatic rings. The fourth-order valence-corrected chi connectivity index (χ4v) is 3.76. The molecule has 16 heavy (non-hydrogen) atoms. The number of aromatic nitrogens is 2. The van der Waals surface area contributed by atoms with Crippen molar-refractivity contribution in [3.63, 3.8) is 0 Å². The molecule has 0 aromatic carbocycles. The van der Waals surface area contributed by atoms with Crippen molar-refractivity contribution in [3.8, 4) is 0 Å². The smallest absolute Gasteiger partial charge is 0.131 e. The van der Waals surface area contributed by atoms with Crippen LogP contribution in [0, 0.1) is 0 Å². The molecule has 86 valence electrons. The number of nitrogens with zero attached hydrogens (tertiary/aromatic N) is 2. The molecule has 2 aromatic heterocycles. The van der Waals surface area contributed by atoms with Gasteiger partial charge in [-0.15, -0.1) is 11.3 Å². The van der Waals surface area contributed by atoms with E-state index in [0.29, 0.717) is 0 Å². The van der Waals surface area contributed by atoms with E-state index in [2.05, 4.69) is 48.2 Å². The summed E-state index contributed by atoms with van der Waals surface area (Å²) in [5, 5.41) is 3.29. The second-order valence-corrected chi connectivity index (χ2v) is 6.64. The molecule has 1 atom stereocenters. The Morgan fingerprint density at radius 3 is 2.69 bits per heavy atom. The van der Waals surface area contributed by atoms with E-state index in [4.69, 9.17) is 0 Å². The van der Waals surface area contributed by atoms with E-state index in [1.165, 1.54) is 4.88 Å². The maximum Gasteiger partial charge on any atom is 0.131 e. The summed E-state index contributed by atoms with van der Waals surface area (Å²) in [6.45, 7) is 0. The minimum absolute atomic E-state index is 0.132. The number of thiophene rings is 1. The molecule has 2 rings (SSSR count). The lowest BCUT2D eigenvalue weighted by atomic mass is 10.2. The molecule has 6 heteroatoms. The van der Waals surface area contributed by atoms with Gasteiger partial charge in [-0.25, -0.2) is 4.98 Å². The van der Waals surface area contributed by atoms with Crippen molar-refractivity contribution in [1.82, 2.24) is 14.9 Å². The molecular weight excluding hydrogens is 354 g/mol. The van der Waals surface area contributed by atoms with Gasteiger partial charge < -0.3 is 9.88 Å². The Morgan fingerprint density at radius 1 is 1.50 bits per heavy atom. The van der Waals surface area contributed by atoms with Crippen molar-refractivity contribution in [2.75, 3.05) is 7.05 Å². The van der Waals surface area contributed by atoms with Crippen molar-refractivity contribution in [1.29, 1.82) is 0 Å². The molecule has 2 aromatic rings. The summed E-state index contributed by atoms with van der Waals surface area (Å²) >= 11 is 8.72. The van der Waals surface area contributed by atoms with Gasteiger partial charge in [-0.1, -0.05) is 0 Å². The highest BCUT2D eigenvalue weighted by atomic mass is 79.9.